The maximum atomic E-state index is 13.5. The van der Waals surface area contributed by atoms with Gasteiger partial charge in [-0.15, -0.1) is 0 Å². The van der Waals surface area contributed by atoms with E-state index in [-0.39, 0.29) is 22.7 Å². The van der Waals surface area contributed by atoms with Gasteiger partial charge in [-0.05, 0) is 60.5 Å². The Labute approximate surface area is 201 Å². The topological polar surface area (TPSA) is 121 Å². The molecule has 0 radical (unpaired) electrons. The lowest BCUT2D eigenvalue weighted by Crippen LogP contribution is -2.41. The zero-order valence-electron chi connectivity index (χ0n) is 18.1. The number of hydrogen-bond donors (Lipinski definition) is 2. The third kappa shape index (κ3) is 5.62. The van der Waals surface area contributed by atoms with Crippen molar-refractivity contribution >= 4 is 45.5 Å². The highest BCUT2D eigenvalue weighted by Crippen LogP contribution is 2.30. The monoisotopic (exact) mass is 500 g/mol. The van der Waals surface area contributed by atoms with Crippen molar-refractivity contribution in [2.24, 2.45) is 0 Å². The quantitative estimate of drug-likeness (QED) is 0.432. The third-order valence-electron chi connectivity index (χ3n) is 5.06. The van der Waals surface area contributed by atoms with Crippen molar-refractivity contribution in [3.8, 4) is 0 Å². The molecule has 0 unspecified atom stereocenters. The minimum absolute atomic E-state index is 0.0697. The molecule has 3 rings (SSSR count). The molecular weight excluding hydrogens is 480 g/mol. The summed E-state index contributed by atoms with van der Waals surface area (Å²) in [5, 5.41) is 12.1. The summed E-state index contributed by atoms with van der Waals surface area (Å²) < 4.78 is 27.9. The first-order chi connectivity index (χ1) is 16.1. The third-order valence-corrected chi connectivity index (χ3v) is 7.24. The molecule has 0 spiro atoms. The number of carbonyl (C=O) groups is 3. The van der Waals surface area contributed by atoms with E-state index in [0.717, 1.165) is 4.31 Å². The van der Waals surface area contributed by atoms with Crippen LogP contribution in [0.3, 0.4) is 0 Å². The smallest absolute Gasteiger partial charge is 0.335 e. The van der Waals surface area contributed by atoms with E-state index in [1.54, 1.807) is 43.3 Å². The lowest BCUT2D eigenvalue weighted by Gasteiger charge is -2.26. The second-order valence-corrected chi connectivity index (χ2v) is 9.63. The minimum atomic E-state index is -4.25. The lowest BCUT2D eigenvalue weighted by molar-refractivity contribution is -0.119. The van der Waals surface area contributed by atoms with Crippen LogP contribution >= 0.6 is 11.6 Å². The number of nitrogens with zero attached hydrogens (tertiary/aromatic N) is 1. The predicted molar refractivity (Wildman–Crippen MR) is 128 cm³/mol. The Morgan fingerprint density at radius 2 is 1.74 bits per heavy atom. The average Bonchev–Trinajstić information content (AvgIpc) is 2.83. The summed E-state index contributed by atoms with van der Waals surface area (Å²) in [6.07, 6.45) is 0.692. The SMILES string of the molecule is Cc1c(Cl)cccc1N(CC(=O)NCc1cccc(C=O)c1)S(=O)(=O)c1ccc(C(=O)O)cc1. The van der Waals surface area contributed by atoms with Gasteiger partial charge in [0, 0.05) is 17.1 Å². The van der Waals surface area contributed by atoms with Crippen LogP contribution in [0.1, 0.15) is 31.8 Å². The standard InChI is InChI=1S/C24H21ClN2O6S/c1-16-21(25)6-3-7-22(16)27(34(32,33)20-10-8-19(9-11-20)24(30)31)14-23(29)26-13-17-4-2-5-18(12-17)15-28/h2-12,15H,13-14H2,1H3,(H,26,29)(H,30,31). The molecule has 0 saturated carbocycles. The highest BCUT2D eigenvalue weighted by atomic mass is 35.5. The molecule has 0 atom stereocenters. The van der Waals surface area contributed by atoms with Crippen molar-refractivity contribution < 1.29 is 27.9 Å². The average molecular weight is 501 g/mol. The van der Waals surface area contributed by atoms with E-state index in [1.165, 1.54) is 30.3 Å². The number of aldehydes is 1. The van der Waals surface area contributed by atoms with Crippen LogP contribution in [0.2, 0.25) is 5.02 Å². The maximum Gasteiger partial charge on any atom is 0.335 e. The molecule has 0 bridgehead atoms. The fourth-order valence-corrected chi connectivity index (χ4v) is 4.87. The van der Waals surface area contributed by atoms with Gasteiger partial charge in [-0.3, -0.25) is 13.9 Å². The molecule has 176 valence electrons. The number of amides is 1. The van der Waals surface area contributed by atoms with E-state index in [4.69, 9.17) is 16.7 Å². The molecule has 1 amide bonds. The summed E-state index contributed by atoms with van der Waals surface area (Å²) in [6, 6.07) is 16.1. The summed E-state index contributed by atoms with van der Waals surface area (Å²) >= 11 is 6.20. The first-order valence-electron chi connectivity index (χ1n) is 10.1. The number of sulfonamides is 1. The van der Waals surface area contributed by atoms with Gasteiger partial charge in [0.05, 0.1) is 16.1 Å². The second kappa shape index (κ2) is 10.5. The summed E-state index contributed by atoms with van der Waals surface area (Å²) in [4.78, 5) is 34.7. The van der Waals surface area contributed by atoms with E-state index in [9.17, 15) is 22.8 Å². The van der Waals surface area contributed by atoms with Crippen molar-refractivity contribution in [2.45, 2.75) is 18.4 Å². The summed E-state index contributed by atoms with van der Waals surface area (Å²) in [6.45, 7) is 1.18. The highest BCUT2D eigenvalue weighted by molar-refractivity contribution is 7.92. The van der Waals surface area contributed by atoms with Crippen LogP contribution in [0.25, 0.3) is 0 Å². The number of benzene rings is 3. The van der Waals surface area contributed by atoms with E-state index in [0.29, 0.717) is 28.0 Å². The molecule has 34 heavy (non-hydrogen) atoms. The Balaban J connectivity index is 1.92. The number of rotatable bonds is 9. The van der Waals surface area contributed by atoms with Crippen molar-refractivity contribution in [2.75, 3.05) is 10.8 Å². The lowest BCUT2D eigenvalue weighted by atomic mass is 10.1. The Morgan fingerprint density at radius 1 is 1.06 bits per heavy atom. The first kappa shape index (κ1) is 24.9. The molecule has 0 aliphatic heterocycles. The zero-order chi connectivity index (χ0) is 24.9. The highest BCUT2D eigenvalue weighted by Gasteiger charge is 2.29. The molecule has 0 aliphatic carbocycles. The van der Waals surface area contributed by atoms with E-state index in [1.807, 2.05) is 0 Å². The number of carboxylic acid groups (broad SMARTS) is 1. The van der Waals surface area contributed by atoms with Gasteiger partial charge >= 0.3 is 5.97 Å². The van der Waals surface area contributed by atoms with Crippen molar-refractivity contribution in [1.82, 2.24) is 5.32 Å². The van der Waals surface area contributed by atoms with Crippen LogP contribution in [0.4, 0.5) is 5.69 Å². The molecule has 0 aliphatic rings. The van der Waals surface area contributed by atoms with Gasteiger partial charge in [-0.2, -0.15) is 0 Å². The summed E-state index contributed by atoms with van der Waals surface area (Å²) in [5.74, 6) is -1.77. The van der Waals surface area contributed by atoms with Gasteiger partial charge in [0.1, 0.15) is 12.8 Å². The van der Waals surface area contributed by atoms with Gasteiger partial charge in [-0.25, -0.2) is 13.2 Å². The molecule has 8 nitrogen and oxygen atoms in total. The van der Waals surface area contributed by atoms with Crippen LogP contribution in [0.15, 0.2) is 71.6 Å². The van der Waals surface area contributed by atoms with Gasteiger partial charge in [-0.1, -0.05) is 35.9 Å². The molecule has 3 aromatic carbocycles. The van der Waals surface area contributed by atoms with Gasteiger partial charge in [0.15, 0.2) is 0 Å². The van der Waals surface area contributed by atoms with Gasteiger partial charge in [0.25, 0.3) is 10.0 Å². The molecule has 2 N–H and O–H groups in total. The molecular formula is C24H21ClN2O6S. The van der Waals surface area contributed by atoms with Crippen LogP contribution in [0, 0.1) is 6.92 Å². The minimum Gasteiger partial charge on any atom is -0.478 e. The number of carboxylic acids is 1. The fourth-order valence-electron chi connectivity index (χ4n) is 3.23. The molecule has 0 saturated heterocycles. The number of carbonyl (C=O) groups excluding carboxylic acids is 2. The van der Waals surface area contributed by atoms with Crippen molar-refractivity contribution in [3.05, 3.63) is 94.0 Å². The van der Waals surface area contributed by atoms with Crippen LogP contribution in [-0.4, -0.2) is 38.2 Å². The van der Waals surface area contributed by atoms with Crippen LogP contribution < -0.4 is 9.62 Å². The Bertz CT molecular complexity index is 1340. The van der Waals surface area contributed by atoms with Crippen LogP contribution in [0.5, 0.6) is 0 Å². The number of aromatic carboxylic acids is 1. The van der Waals surface area contributed by atoms with Gasteiger partial charge in [0.2, 0.25) is 5.91 Å². The van der Waals surface area contributed by atoms with E-state index < -0.39 is 28.4 Å². The molecule has 0 fully saturated rings. The Kier molecular flexibility index (Phi) is 7.70. The Morgan fingerprint density at radius 3 is 2.38 bits per heavy atom. The number of nitrogens with one attached hydrogen (secondary N) is 1. The largest absolute Gasteiger partial charge is 0.478 e. The Hall–Kier alpha value is -3.69. The number of halogens is 1. The maximum absolute atomic E-state index is 13.5. The summed E-state index contributed by atoms with van der Waals surface area (Å²) in [5.41, 5.74) is 1.74. The van der Waals surface area contributed by atoms with Gasteiger partial charge < -0.3 is 10.4 Å². The van der Waals surface area contributed by atoms with E-state index >= 15 is 0 Å². The van der Waals surface area contributed by atoms with Crippen LogP contribution in [-0.2, 0) is 21.4 Å². The predicted octanol–water partition coefficient (Wildman–Crippen LogP) is 3.67. The molecule has 0 heterocycles. The molecule has 10 heteroatoms. The number of anilines is 1. The fraction of sp³-hybridized carbons (Fsp3) is 0.125. The van der Waals surface area contributed by atoms with Crippen molar-refractivity contribution in [3.63, 3.8) is 0 Å². The number of hydrogen-bond acceptors (Lipinski definition) is 5. The molecule has 3 aromatic rings. The normalized spacial score (nSPS) is 11.0. The second-order valence-electron chi connectivity index (χ2n) is 7.36. The summed E-state index contributed by atoms with van der Waals surface area (Å²) in [7, 11) is -4.25. The zero-order valence-corrected chi connectivity index (χ0v) is 19.6. The van der Waals surface area contributed by atoms with E-state index in [2.05, 4.69) is 5.32 Å². The van der Waals surface area contributed by atoms with Crippen molar-refractivity contribution in [1.29, 1.82) is 0 Å². The first-order valence-corrected chi connectivity index (χ1v) is 11.9. The molecule has 0 aromatic heterocycles.